The van der Waals surface area contributed by atoms with Crippen LogP contribution in [0.25, 0.3) is 64.6 Å². The van der Waals surface area contributed by atoms with E-state index in [1.165, 1.54) is 70.9 Å². The molecule has 41 heavy (non-hydrogen) atoms. The van der Waals surface area contributed by atoms with Crippen LogP contribution in [0.5, 0.6) is 0 Å². The monoisotopic (exact) mass is 536 g/mol. The summed E-state index contributed by atoms with van der Waals surface area (Å²) in [4.78, 5) is 3.83. The summed E-state index contributed by atoms with van der Waals surface area (Å²) in [5.74, 6) is 0. The van der Waals surface area contributed by atoms with Crippen LogP contribution in [0.4, 0.5) is 5.69 Å². The van der Waals surface area contributed by atoms with Crippen molar-refractivity contribution >= 4 is 65.5 Å². The maximum atomic E-state index is 7.79. The first-order valence-corrected chi connectivity index (χ1v) is 14.7. The number of pyridine rings is 2. The van der Waals surface area contributed by atoms with E-state index in [4.69, 9.17) is 6.57 Å². The molecule has 0 amide bonds. The third kappa shape index (κ3) is 3.81. The minimum absolute atomic E-state index is 0.0922. The zero-order valence-electron chi connectivity index (χ0n) is 25.5. The Balaban J connectivity index is 1.83. The fourth-order valence-electron chi connectivity index (χ4n) is 7.27. The first-order valence-electron chi connectivity index (χ1n) is 14.7. The highest BCUT2D eigenvalue weighted by molar-refractivity contribution is 6.29. The number of hydrogen-bond acceptors (Lipinski definition) is 0. The number of fused-ring (bicyclic) bond motifs is 7. The van der Waals surface area contributed by atoms with Gasteiger partial charge >= 0.3 is 0 Å². The third-order valence-electron chi connectivity index (χ3n) is 8.76. The van der Waals surface area contributed by atoms with Gasteiger partial charge in [0, 0.05) is 22.4 Å². The topological polar surface area (TPSA) is 12.7 Å². The molecule has 7 rings (SSSR count). The van der Waals surface area contributed by atoms with Crippen LogP contribution in [0.2, 0.25) is 0 Å². The van der Waals surface area contributed by atoms with Crippen molar-refractivity contribution in [1.82, 2.24) is 4.40 Å². The van der Waals surface area contributed by atoms with Crippen molar-refractivity contribution in [2.45, 2.75) is 61.3 Å². The number of benzene rings is 4. The summed E-state index contributed by atoms with van der Waals surface area (Å²) >= 11 is 0. The second-order valence-corrected chi connectivity index (χ2v) is 14.5. The predicted octanol–water partition coefficient (Wildman–Crippen LogP) is 10.0. The van der Waals surface area contributed by atoms with Crippen molar-refractivity contribution < 1.29 is 4.57 Å². The maximum Gasteiger partial charge on any atom is 0.224 e. The average Bonchev–Trinajstić information content (AvgIpc) is 3.23. The van der Waals surface area contributed by atoms with Gasteiger partial charge < -0.3 is 4.40 Å². The molecule has 204 valence electrons. The van der Waals surface area contributed by atoms with Crippen LogP contribution in [-0.4, -0.2) is 4.40 Å². The minimum Gasteiger partial charge on any atom is -0.308 e. The normalized spacial score (nSPS) is 13.0. The van der Waals surface area contributed by atoms with E-state index < -0.39 is 0 Å². The van der Waals surface area contributed by atoms with E-state index in [2.05, 4.69) is 124 Å². The Morgan fingerprint density at radius 3 is 2.17 bits per heavy atom. The molecule has 0 saturated heterocycles. The third-order valence-corrected chi connectivity index (χ3v) is 8.76. The van der Waals surface area contributed by atoms with Crippen molar-refractivity contribution in [2.24, 2.45) is 17.9 Å². The molecule has 0 aliphatic carbocycles. The van der Waals surface area contributed by atoms with Gasteiger partial charge in [0.1, 0.15) is 7.05 Å². The minimum atomic E-state index is 0.0922. The van der Waals surface area contributed by atoms with Crippen LogP contribution in [-0.2, 0) is 19.9 Å². The highest BCUT2D eigenvalue weighted by atomic mass is 15.0. The van der Waals surface area contributed by atoms with Crippen molar-refractivity contribution in [3.63, 3.8) is 0 Å². The Morgan fingerprint density at radius 1 is 0.756 bits per heavy atom. The van der Waals surface area contributed by atoms with Crippen LogP contribution < -0.4 is 4.57 Å². The van der Waals surface area contributed by atoms with Crippen molar-refractivity contribution in [3.05, 3.63) is 88.9 Å². The van der Waals surface area contributed by atoms with Crippen molar-refractivity contribution in [2.75, 3.05) is 0 Å². The summed E-state index contributed by atoms with van der Waals surface area (Å²) in [6, 6.07) is 20.2. The zero-order chi connectivity index (χ0) is 29.0. The van der Waals surface area contributed by atoms with Gasteiger partial charge in [0.05, 0.1) is 28.4 Å². The van der Waals surface area contributed by atoms with Gasteiger partial charge in [-0.2, -0.15) is 0 Å². The molecule has 0 aliphatic rings. The molecule has 0 aliphatic heterocycles. The Labute approximate surface area is 242 Å². The number of aromatic nitrogens is 2. The van der Waals surface area contributed by atoms with E-state index in [-0.39, 0.29) is 10.8 Å². The summed E-state index contributed by atoms with van der Waals surface area (Å²) < 4.78 is 4.84. The summed E-state index contributed by atoms with van der Waals surface area (Å²) in [5.41, 5.74) is 10.1. The molecule has 7 aromatic rings. The lowest BCUT2D eigenvalue weighted by atomic mass is 9.81. The zero-order valence-corrected chi connectivity index (χ0v) is 25.5. The molecule has 4 aromatic carbocycles. The van der Waals surface area contributed by atoms with E-state index in [1.54, 1.807) is 0 Å². The van der Waals surface area contributed by atoms with Crippen LogP contribution in [0, 0.1) is 24.3 Å². The molecular weight excluding hydrogens is 498 g/mol. The predicted molar refractivity (Wildman–Crippen MR) is 175 cm³/mol. The lowest BCUT2D eigenvalue weighted by Crippen LogP contribution is -2.29. The molecule has 0 radical (unpaired) electrons. The van der Waals surface area contributed by atoms with Crippen molar-refractivity contribution in [3.8, 4) is 0 Å². The molecule has 0 bridgehead atoms. The highest BCUT2D eigenvalue weighted by Crippen LogP contribution is 2.46. The fourth-order valence-corrected chi connectivity index (χ4v) is 7.27. The Kier molecular flexibility index (Phi) is 5.30. The lowest BCUT2D eigenvalue weighted by molar-refractivity contribution is -0.643. The van der Waals surface area contributed by atoms with E-state index in [0.29, 0.717) is 5.69 Å². The van der Waals surface area contributed by atoms with E-state index in [9.17, 15) is 0 Å². The average molecular weight is 537 g/mol. The summed E-state index contributed by atoms with van der Waals surface area (Å²) in [5, 5.41) is 9.04. The van der Waals surface area contributed by atoms with Crippen LogP contribution >= 0.6 is 0 Å². The second kappa shape index (κ2) is 8.43. The first kappa shape index (κ1) is 25.8. The van der Waals surface area contributed by atoms with E-state index in [0.717, 1.165) is 18.4 Å². The Bertz CT molecular complexity index is 2240. The lowest BCUT2D eigenvalue weighted by Gasteiger charge is -2.25. The van der Waals surface area contributed by atoms with Gasteiger partial charge in [-0.1, -0.05) is 84.0 Å². The van der Waals surface area contributed by atoms with E-state index >= 15 is 0 Å². The maximum absolute atomic E-state index is 7.79. The smallest absolute Gasteiger partial charge is 0.224 e. The van der Waals surface area contributed by atoms with Crippen LogP contribution in [0.15, 0.2) is 60.8 Å². The fraction of sp³-hybridized carbons (Fsp3) is 0.316. The largest absolute Gasteiger partial charge is 0.308 e. The van der Waals surface area contributed by atoms with Gasteiger partial charge in [-0.25, -0.2) is 9.41 Å². The van der Waals surface area contributed by atoms with Gasteiger partial charge in [-0.3, -0.25) is 0 Å². The molecule has 0 atom stereocenters. The van der Waals surface area contributed by atoms with Crippen molar-refractivity contribution in [1.29, 1.82) is 0 Å². The van der Waals surface area contributed by atoms with Gasteiger partial charge in [-0.15, -0.1) is 0 Å². The van der Waals surface area contributed by atoms with Crippen LogP contribution in [0.1, 0.15) is 58.2 Å². The SMILES string of the molecule is [C-]#[N+]c1ccc2c3ccc4cc[n+](C)c5c6c(C)c7cc(CC(C)(C)C)ccc7c(CC(C)(C)C)c6n(c2c1)c3c45. The van der Waals surface area contributed by atoms with Gasteiger partial charge in [0.2, 0.25) is 5.52 Å². The number of nitrogens with zero attached hydrogens (tertiary/aromatic N) is 3. The van der Waals surface area contributed by atoms with Gasteiger partial charge in [0.15, 0.2) is 11.9 Å². The Morgan fingerprint density at radius 2 is 1.46 bits per heavy atom. The molecule has 0 fully saturated rings. The summed E-state index contributed by atoms with van der Waals surface area (Å²) in [7, 11) is 2.19. The van der Waals surface area contributed by atoms with Gasteiger partial charge in [0.25, 0.3) is 0 Å². The molecular formula is C38H38N3+. The standard InChI is InChI=1S/C38H38N3/c1-22-29-18-23(20-37(2,3)4)10-13-26(29)30(21-38(5,6)7)35-32(22)36-33-24(16-17-40(36)9)11-14-28-27-15-12-25(39-8)19-31(27)41(35)34(28)33/h10-19H,20-21H2,1-7,9H3/q+1. The first-order chi connectivity index (χ1) is 19.4. The Hall–Kier alpha value is -4.16. The quantitative estimate of drug-likeness (QED) is 0.0902. The molecule has 0 spiro atoms. The number of rotatable bonds is 2. The molecule has 3 heteroatoms. The van der Waals surface area contributed by atoms with Gasteiger partial charge in [-0.05, 0) is 69.5 Å². The van der Waals surface area contributed by atoms with Crippen LogP contribution in [0.3, 0.4) is 0 Å². The second-order valence-electron chi connectivity index (χ2n) is 14.5. The van der Waals surface area contributed by atoms with E-state index in [1.807, 2.05) is 6.07 Å². The molecule has 3 aromatic heterocycles. The molecule has 3 heterocycles. The molecule has 0 N–H and O–H groups in total. The highest BCUT2D eigenvalue weighted by Gasteiger charge is 2.28. The molecule has 0 unspecified atom stereocenters. The molecule has 0 saturated carbocycles. The molecule has 3 nitrogen and oxygen atoms in total. The number of hydrogen-bond donors (Lipinski definition) is 0. The summed E-state index contributed by atoms with van der Waals surface area (Å²) in [6.07, 6.45) is 4.21. The summed E-state index contributed by atoms with van der Waals surface area (Å²) in [6.45, 7) is 24.1. The number of aryl methyl sites for hydroxylation is 2.